The number of allylic oxidation sites excluding steroid dienone is 3. The summed E-state index contributed by atoms with van der Waals surface area (Å²) in [5, 5.41) is 47.2. The van der Waals surface area contributed by atoms with Crippen molar-refractivity contribution in [3.8, 4) is 5.75 Å². The zero-order valence-electron chi connectivity index (χ0n) is 32.7. The summed E-state index contributed by atoms with van der Waals surface area (Å²) in [6, 6.07) is 3.18. The van der Waals surface area contributed by atoms with Gasteiger partial charge in [0.1, 0.15) is 53.0 Å². The predicted molar refractivity (Wildman–Crippen MR) is 200 cm³/mol. The van der Waals surface area contributed by atoms with Crippen molar-refractivity contribution in [2.45, 2.75) is 120 Å². The Hall–Kier alpha value is -4.01. The van der Waals surface area contributed by atoms with Crippen LogP contribution in [0.2, 0.25) is 5.02 Å². The fraction of sp³-hybridized carbons (Fsp3) is 0.632. The summed E-state index contributed by atoms with van der Waals surface area (Å²) in [7, 11) is 2.75. The van der Waals surface area contributed by atoms with Crippen LogP contribution in [0.1, 0.15) is 53.0 Å². The number of amides is 3. The molecule has 1 aromatic rings. The van der Waals surface area contributed by atoms with Crippen molar-refractivity contribution in [2.75, 3.05) is 25.7 Å². The number of carbonyl (C=O) groups is 4. The lowest BCUT2D eigenvalue weighted by molar-refractivity contribution is -0.227. The highest BCUT2D eigenvalue weighted by Gasteiger charge is 2.65. The maximum absolute atomic E-state index is 15.0. The van der Waals surface area contributed by atoms with Crippen molar-refractivity contribution in [3.05, 3.63) is 46.5 Å². The van der Waals surface area contributed by atoms with E-state index < -0.39 is 115 Å². The van der Waals surface area contributed by atoms with Crippen LogP contribution < -0.4 is 20.7 Å². The summed E-state index contributed by atoms with van der Waals surface area (Å²) < 4.78 is 40.0. The molecular formula is C38H52ClN3O15. The number of carbonyl (C=O) groups excluding carboxylic acids is 4. The molecule has 0 radical (unpaired) electrons. The molecule has 4 bridgehead atoms. The normalized spacial score (nSPS) is 37.5. The number of nitrogens with two attached hydrogens (primary N) is 1. The average molecular weight is 826 g/mol. The fourth-order valence-corrected chi connectivity index (χ4v) is 7.89. The van der Waals surface area contributed by atoms with E-state index in [-0.39, 0.29) is 29.3 Å². The number of rotatable bonds is 7. The Kier molecular flexibility index (Phi) is 13.5. The Bertz CT molecular complexity index is 1760. The Morgan fingerprint density at radius 2 is 1.86 bits per heavy atom. The van der Waals surface area contributed by atoms with Gasteiger partial charge in [0, 0.05) is 19.4 Å². The molecule has 0 aliphatic carbocycles. The third-order valence-electron chi connectivity index (χ3n) is 10.8. The molecule has 5 rings (SSSR count). The van der Waals surface area contributed by atoms with Gasteiger partial charge in [0.05, 0.1) is 37.8 Å². The van der Waals surface area contributed by atoms with Crippen molar-refractivity contribution in [1.82, 2.24) is 5.32 Å². The van der Waals surface area contributed by atoms with Crippen molar-refractivity contribution in [3.63, 3.8) is 0 Å². The molecular weight excluding hydrogens is 774 g/mol. The van der Waals surface area contributed by atoms with E-state index in [1.165, 1.54) is 14.2 Å². The average Bonchev–Trinajstić information content (AvgIpc) is 3.84. The number of aliphatic hydroxyl groups is 4. The molecule has 4 heterocycles. The van der Waals surface area contributed by atoms with Gasteiger partial charge in [-0.05, 0) is 38.0 Å². The van der Waals surface area contributed by atoms with Crippen LogP contribution in [0.5, 0.6) is 5.75 Å². The third-order valence-corrected chi connectivity index (χ3v) is 11.2. The van der Waals surface area contributed by atoms with Gasteiger partial charge in [-0.25, -0.2) is 9.59 Å². The predicted octanol–water partition coefficient (Wildman–Crippen LogP) is 1.60. The van der Waals surface area contributed by atoms with Gasteiger partial charge in [0.15, 0.2) is 18.1 Å². The van der Waals surface area contributed by atoms with Crippen LogP contribution in [0.3, 0.4) is 0 Å². The molecule has 316 valence electrons. The van der Waals surface area contributed by atoms with Gasteiger partial charge in [0.25, 0.3) is 0 Å². The van der Waals surface area contributed by atoms with Crippen molar-refractivity contribution < 1.29 is 72.8 Å². The Balaban J connectivity index is 1.69. The summed E-state index contributed by atoms with van der Waals surface area (Å²) in [6.45, 7) is 7.54. The van der Waals surface area contributed by atoms with Crippen LogP contribution in [0.15, 0.2) is 35.9 Å². The smallest absolute Gasteiger partial charge is 0.409 e. The quantitative estimate of drug-likeness (QED) is 0.130. The monoisotopic (exact) mass is 825 g/mol. The van der Waals surface area contributed by atoms with Crippen LogP contribution in [0.4, 0.5) is 15.3 Å². The molecule has 0 unspecified atom stereocenters. The molecule has 12 atom stereocenters. The summed E-state index contributed by atoms with van der Waals surface area (Å²) in [6.07, 6.45) is -10.6. The molecule has 3 amide bonds. The van der Waals surface area contributed by atoms with Gasteiger partial charge >= 0.3 is 18.2 Å². The summed E-state index contributed by atoms with van der Waals surface area (Å²) in [5.74, 6) is -2.66. The zero-order valence-corrected chi connectivity index (χ0v) is 33.5. The number of hydrogen-bond acceptors (Lipinski definition) is 15. The van der Waals surface area contributed by atoms with Gasteiger partial charge in [-0.3, -0.25) is 19.8 Å². The summed E-state index contributed by atoms with van der Waals surface area (Å²) in [5.41, 5.74) is 3.21. The van der Waals surface area contributed by atoms with E-state index in [2.05, 4.69) is 5.32 Å². The van der Waals surface area contributed by atoms with Crippen molar-refractivity contribution in [2.24, 2.45) is 17.6 Å². The van der Waals surface area contributed by atoms with Gasteiger partial charge < -0.3 is 59.3 Å². The molecule has 57 heavy (non-hydrogen) atoms. The second kappa shape index (κ2) is 17.5. The van der Waals surface area contributed by atoms with Gasteiger partial charge in [-0.2, -0.15) is 0 Å². The molecule has 3 saturated heterocycles. The van der Waals surface area contributed by atoms with Gasteiger partial charge in [-0.1, -0.05) is 56.2 Å². The van der Waals surface area contributed by atoms with Crippen LogP contribution in [-0.4, -0.2) is 132 Å². The number of epoxide rings is 1. The number of halogens is 1. The number of hydrogen-bond donors (Lipinski definition) is 6. The molecule has 19 heteroatoms. The largest absolute Gasteiger partial charge is 0.495 e. The molecule has 3 fully saturated rings. The maximum atomic E-state index is 15.0. The number of aliphatic hydroxyl groups excluding tert-OH is 3. The van der Waals surface area contributed by atoms with Crippen molar-refractivity contribution >= 4 is 41.4 Å². The first kappa shape index (κ1) is 44.1. The zero-order chi connectivity index (χ0) is 42.1. The fourth-order valence-electron chi connectivity index (χ4n) is 7.61. The highest BCUT2D eigenvalue weighted by atomic mass is 35.5. The standard InChI is InChI=1S/C38H52ClN3O15/c1-17(2)34(47)55-26-14-27(44)42(33-30(46)29(45)31(56-35(40)48)24(16-43)53-33)21-12-20(13-22(51-6)28(21)39)11-18(3)9-8-10-25(52-7)38(50)15-23(54-36(49)41-38)19(4)32-37(26,5)57-32/h8-10,12-13,17,19,23-26,29-33,43,45-46,50H,11,14-16H2,1-7H3,(H2,40,48)(H,41,49)/b10-8+,18-9+/t19-,23+,24-,25-,26+,29-,30-,31-,32+,33-,37+,38+/m1/s1. The minimum Gasteiger partial charge on any atom is -0.495 e. The number of fused-ring (bicyclic) bond motifs is 5. The van der Waals surface area contributed by atoms with Crippen LogP contribution in [-0.2, 0) is 44.4 Å². The minimum atomic E-state index is -1.99. The molecule has 0 saturated carbocycles. The van der Waals surface area contributed by atoms with E-state index >= 15 is 0 Å². The highest BCUT2D eigenvalue weighted by Crippen LogP contribution is 2.49. The molecule has 0 spiro atoms. The highest BCUT2D eigenvalue weighted by molar-refractivity contribution is 6.35. The second-order valence-corrected chi connectivity index (χ2v) is 15.7. The number of ether oxygens (including phenoxy) is 7. The number of nitrogens with zero attached hydrogens (tertiary/aromatic N) is 1. The Labute approximate surface area is 334 Å². The number of esters is 1. The van der Waals surface area contributed by atoms with E-state index in [4.69, 9.17) is 50.5 Å². The number of anilines is 1. The molecule has 1 aromatic carbocycles. The number of primary amides is 1. The third kappa shape index (κ3) is 9.18. The first-order valence-corrected chi connectivity index (χ1v) is 18.9. The maximum Gasteiger partial charge on any atom is 0.409 e. The SMILES string of the molecule is COc1cc2cc(c1Cl)N([C@@H]1O[C@H](CO)[C@@H](OC(N)=O)[C@H](O)[C@H]1O)C(=O)C[C@H](OC(=O)C(C)C)[C@]1(C)O[C@H]1[C@H](C)[C@@H]1C[C@@](O)(NC(=O)O1)[C@H](OC)/C=C/C=C(\C)C2. The van der Waals surface area contributed by atoms with E-state index in [1.807, 2.05) is 6.92 Å². The number of methoxy groups -OCH3 is 2. The Morgan fingerprint density at radius 1 is 1.16 bits per heavy atom. The van der Waals surface area contributed by atoms with Crippen LogP contribution >= 0.6 is 11.6 Å². The number of alkyl carbamates (subject to hydrolysis) is 1. The molecule has 18 nitrogen and oxygen atoms in total. The minimum absolute atomic E-state index is 0.0475. The summed E-state index contributed by atoms with van der Waals surface area (Å²) in [4.78, 5) is 53.7. The van der Waals surface area contributed by atoms with Crippen LogP contribution in [0.25, 0.3) is 0 Å². The topological polar surface area (TPSA) is 258 Å². The lowest BCUT2D eigenvalue weighted by atomic mass is 9.83. The number of benzene rings is 1. The van der Waals surface area contributed by atoms with Gasteiger partial charge in [0.2, 0.25) is 5.91 Å². The number of nitrogens with one attached hydrogen (secondary N) is 1. The molecule has 4 aliphatic rings. The van der Waals surface area contributed by atoms with Gasteiger partial charge in [-0.15, -0.1) is 0 Å². The first-order valence-electron chi connectivity index (χ1n) is 18.5. The lowest BCUT2D eigenvalue weighted by Crippen LogP contribution is -2.65. The van der Waals surface area contributed by atoms with Crippen LogP contribution in [0, 0.1) is 11.8 Å². The van der Waals surface area contributed by atoms with E-state index in [0.717, 1.165) is 10.5 Å². The summed E-state index contributed by atoms with van der Waals surface area (Å²) >= 11 is 6.92. The molecule has 0 aromatic heterocycles. The molecule has 7 N–H and O–H groups in total. The lowest BCUT2D eigenvalue weighted by Gasteiger charge is -2.45. The first-order chi connectivity index (χ1) is 26.8. The second-order valence-electron chi connectivity index (χ2n) is 15.3. The molecule has 4 aliphatic heterocycles. The Morgan fingerprint density at radius 3 is 2.47 bits per heavy atom. The van der Waals surface area contributed by atoms with E-state index in [9.17, 15) is 39.6 Å². The van der Waals surface area contributed by atoms with E-state index in [1.54, 1.807) is 58.1 Å². The van der Waals surface area contributed by atoms with Crippen molar-refractivity contribution in [1.29, 1.82) is 0 Å². The van der Waals surface area contributed by atoms with E-state index in [0.29, 0.717) is 5.56 Å².